The van der Waals surface area contributed by atoms with E-state index in [1.165, 1.54) is 18.2 Å². The van der Waals surface area contributed by atoms with Gasteiger partial charge in [0.25, 0.3) is 0 Å². The number of fused-ring (bicyclic) bond motifs is 1. The summed E-state index contributed by atoms with van der Waals surface area (Å²) in [6.07, 6.45) is -3.18. The number of likely N-dealkylation sites (N-methyl/N-ethyl adjacent to an activating group) is 1. The fourth-order valence-corrected chi connectivity index (χ4v) is 11.2. The van der Waals surface area contributed by atoms with Crippen LogP contribution in [-0.2, 0) is 0 Å². The fraction of sp³-hybridized carbons (Fsp3) is 0.536. The molecule has 0 saturated carbocycles. The van der Waals surface area contributed by atoms with Crippen molar-refractivity contribution in [1.82, 2.24) is 24.4 Å². The molecule has 1 aromatic carbocycles. The number of alkyl halides is 3. The Hall–Kier alpha value is -2.81. The number of aromatic nitrogens is 4. The average Bonchev–Trinajstić information content (AvgIpc) is 3.22. The monoisotopic (exact) mass is 592 g/mol. The molecule has 0 radical (unpaired) electrons. The third-order valence-electron chi connectivity index (χ3n) is 7.83. The second kappa shape index (κ2) is 11.6. The van der Waals surface area contributed by atoms with Gasteiger partial charge in [0.1, 0.15) is 19.3 Å². The molecular formula is C28H36ClF3N6OSi. The molecule has 1 aliphatic heterocycles. The Morgan fingerprint density at radius 1 is 0.975 bits per heavy atom. The molecule has 0 atom stereocenters. The van der Waals surface area contributed by atoms with Crippen LogP contribution >= 0.6 is 11.6 Å². The Morgan fingerprint density at radius 2 is 1.60 bits per heavy atom. The SMILES string of the molecule is CC(C)[Si](C#Cc1nc2cnc(N3CCN(C)CC3)nc2n1-c1ccc(OC(F)(F)F)c(Cl)c1)(C(C)C)C(C)C. The maximum absolute atomic E-state index is 12.9. The number of rotatable bonds is 6. The smallest absolute Gasteiger partial charge is 0.404 e. The van der Waals surface area contributed by atoms with Gasteiger partial charge in [-0.2, -0.15) is 4.98 Å². The molecular weight excluding hydrogens is 557 g/mol. The summed E-state index contributed by atoms with van der Waals surface area (Å²) < 4.78 is 44.5. The maximum Gasteiger partial charge on any atom is 0.573 e. The number of ether oxygens (including phenoxy) is 1. The van der Waals surface area contributed by atoms with Gasteiger partial charge in [0.05, 0.1) is 16.9 Å². The molecule has 4 rings (SSSR count). The van der Waals surface area contributed by atoms with Gasteiger partial charge in [-0.15, -0.1) is 18.7 Å². The summed E-state index contributed by atoms with van der Waals surface area (Å²) in [5.41, 5.74) is 6.47. The quantitative estimate of drug-likeness (QED) is 0.235. The van der Waals surface area contributed by atoms with Gasteiger partial charge in [-0.3, -0.25) is 4.57 Å². The molecule has 12 heteroatoms. The van der Waals surface area contributed by atoms with E-state index in [9.17, 15) is 13.2 Å². The van der Waals surface area contributed by atoms with E-state index in [0.717, 1.165) is 26.2 Å². The predicted octanol–water partition coefficient (Wildman–Crippen LogP) is 6.69. The molecule has 7 nitrogen and oxygen atoms in total. The normalized spacial score (nSPS) is 15.3. The van der Waals surface area contributed by atoms with E-state index < -0.39 is 20.2 Å². The zero-order chi connectivity index (χ0) is 29.4. The molecule has 0 aliphatic carbocycles. The highest BCUT2D eigenvalue weighted by molar-refractivity contribution is 6.90. The first kappa shape index (κ1) is 30.2. The Bertz CT molecular complexity index is 1400. The van der Waals surface area contributed by atoms with E-state index in [2.05, 4.69) is 79.6 Å². The van der Waals surface area contributed by atoms with Crippen LogP contribution in [-0.4, -0.2) is 72.1 Å². The molecule has 3 heterocycles. The van der Waals surface area contributed by atoms with Crippen LogP contribution in [0.1, 0.15) is 47.4 Å². The molecule has 0 amide bonds. The van der Waals surface area contributed by atoms with Crippen LogP contribution < -0.4 is 9.64 Å². The van der Waals surface area contributed by atoms with E-state index in [0.29, 0.717) is 45.2 Å². The van der Waals surface area contributed by atoms with Crippen molar-refractivity contribution < 1.29 is 17.9 Å². The average molecular weight is 593 g/mol. The molecule has 1 saturated heterocycles. The first-order valence-corrected chi connectivity index (χ1v) is 16.1. The Morgan fingerprint density at radius 3 is 2.15 bits per heavy atom. The van der Waals surface area contributed by atoms with Gasteiger partial charge in [-0.25, -0.2) is 9.97 Å². The fourth-order valence-electron chi connectivity index (χ4n) is 5.79. The number of benzene rings is 1. The summed E-state index contributed by atoms with van der Waals surface area (Å²) in [4.78, 5) is 18.6. The van der Waals surface area contributed by atoms with Crippen molar-refractivity contribution >= 4 is 36.8 Å². The first-order chi connectivity index (χ1) is 18.7. The van der Waals surface area contributed by atoms with E-state index in [4.69, 9.17) is 21.6 Å². The van der Waals surface area contributed by atoms with Crippen LogP contribution in [0.2, 0.25) is 21.6 Å². The zero-order valence-electron chi connectivity index (χ0n) is 24.0. The number of hydrogen-bond donors (Lipinski definition) is 0. The molecule has 3 aromatic rings. The number of imidazole rings is 1. The topological polar surface area (TPSA) is 59.3 Å². The van der Waals surface area contributed by atoms with E-state index >= 15 is 0 Å². The number of piperazine rings is 1. The first-order valence-electron chi connectivity index (χ1n) is 13.5. The molecule has 216 valence electrons. The van der Waals surface area contributed by atoms with Crippen LogP contribution in [0.25, 0.3) is 16.9 Å². The second-order valence-corrected chi connectivity index (χ2v) is 17.2. The largest absolute Gasteiger partial charge is 0.573 e. The molecule has 0 N–H and O–H groups in total. The summed E-state index contributed by atoms with van der Waals surface area (Å²) in [6, 6.07) is 4.13. The lowest BCUT2D eigenvalue weighted by molar-refractivity contribution is -0.274. The molecule has 1 fully saturated rings. The Labute approximate surface area is 239 Å². The molecule has 0 spiro atoms. The van der Waals surface area contributed by atoms with Crippen LogP contribution in [0, 0.1) is 11.5 Å². The van der Waals surface area contributed by atoms with Crippen molar-refractivity contribution in [2.45, 2.75) is 64.5 Å². The minimum atomic E-state index is -4.85. The lowest BCUT2D eigenvalue weighted by Crippen LogP contribution is -2.45. The summed E-state index contributed by atoms with van der Waals surface area (Å²) in [6.45, 7) is 16.7. The molecule has 40 heavy (non-hydrogen) atoms. The van der Waals surface area contributed by atoms with Gasteiger partial charge in [-0.05, 0) is 47.8 Å². The van der Waals surface area contributed by atoms with Gasteiger partial charge in [0.15, 0.2) is 11.5 Å². The minimum Gasteiger partial charge on any atom is -0.404 e. The van der Waals surface area contributed by atoms with Crippen molar-refractivity contribution in [2.24, 2.45) is 0 Å². The van der Waals surface area contributed by atoms with Crippen molar-refractivity contribution in [1.29, 1.82) is 0 Å². The van der Waals surface area contributed by atoms with Gasteiger partial charge in [0.2, 0.25) is 5.95 Å². The number of nitrogens with zero attached hydrogens (tertiary/aromatic N) is 6. The highest BCUT2D eigenvalue weighted by Gasteiger charge is 2.42. The maximum atomic E-state index is 12.9. The molecule has 2 aromatic heterocycles. The van der Waals surface area contributed by atoms with Gasteiger partial charge in [0, 0.05) is 26.2 Å². The van der Waals surface area contributed by atoms with Crippen LogP contribution in [0.3, 0.4) is 0 Å². The van der Waals surface area contributed by atoms with E-state index in [-0.39, 0.29) is 5.02 Å². The van der Waals surface area contributed by atoms with Crippen LogP contribution in [0.4, 0.5) is 19.1 Å². The summed E-state index contributed by atoms with van der Waals surface area (Å²) >= 11 is 6.26. The van der Waals surface area contributed by atoms with Gasteiger partial charge in [-0.1, -0.05) is 53.1 Å². The minimum absolute atomic E-state index is 0.181. The Balaban J connectivity index is 1.91. The third kappa shape index (κ3) is 6.09. The lowest BCUT2D eigenvalue weighted by Gasteiger charge is -2.38. The highest BCUT2D eigenvalue weighted by atomic mass is 35.5. The van der Waals surface area contributed by atoms with Gasteiger partial charge >= 0.3 is 6.36 Å². The molecule has 1 aliphatic rings. The zero-order valence-corrected chi connectivity index (χ0v) is 25.7. The standard InChI is InChI=1S/C28H36ClF3N6OSi/c1-18(2)40(19(3)4,20(5)6)15-10-25-34-23-17-33-27(37-13-11-36(7)12-14-37)35-26(23)38(25)21-8-9-24(22(29)16-21)39-28(30,31)32/h8-9,16-20H,11-14H2,1-7H3. The summed E-state index contributed by atoms with van der Waals surface area (Å²) in [5.74, 6) is 3.92. The van der Waals surface area contributed by atoms with Crippen molar-refractivity contribution in [2.75, 3.05) is 38.1 Å². The Kier molecular flexibility index (Phi) is 8.73. The van der Waals surface area contributed by atoms with Crippen LogP contribution in [0.5, 0.6) is 5.75 Å². The highest BCUT2D eigenvalue weighted by Crippen LogP contribution is 2.41. The van der Waals surface area contributed by atoms with Crippen molar-refractivity contribution in [3.63, 3.8) is 0 Å². The predicted molar refractivity (Wildman–Crippen MR) is 156 cm³/mol. The van der Waals surface area contributed by atoms with Crippen molar-refractivity contribution in [3.05, 3.63) is 35.2 Å². The van der Waals surface area contributed by atoms with E-state index in [1.807, 2.05) is 0 Å². The van der Waals surface area contributed by atoms with E-state index in [1.54, 1.807) is 10.8 Å². The lowest BCUT2D eigenvalue weighted by atomic mass is 10.3. The van der Waals surface area contributed by atoms with Crippen LogP contribution in [0.15, 0.2) is 24.4 Å². The second-order valence-electron chi connectivity index (χ2n) is 11.2. The third-order valence-corrected chi connectivity index (χ3v) is 14.4. The molecule has 0 bridgehead atoms. The number of halogens is 4. The van der Waals surface area contributed by atoms with Gasteiger partial charge < -0.3 is 14.5 Å². The number of anilines is 1. The number of hydrogen-bond acceptors (Lipinski definition) is 6. The summed E-state index contributed by atoms with van der Waals surface area (Å²) in [5, 5.41) is -0.181. The molecule has 0 unspecified atom stereocenters. The summed E-state index contributed by atoms with van der Waals surface area (Å²) in [7, 11) is -0.0329. The van der Waals surface area contributed by atoms with Crippen molar-refractivity contribution in [3.8, 4) is 22.9 Å².